The Bertz CT molecular complexity index is 614. The molecule has 0 fully saturated rings. The van der Waals surface area contributed by atoms with E-state index in [0.29, 0.717) is 18.1 Å². The molecule has 1 heterocycles. The molecule has 0 saturated heterocycles. The fourth-order valence-corrected chi connectivity index (χ4v) is 2.40. The summed E-state index contributed by atoms with van der Waals surface area (Å²) in [5.74, 6) is -0.0706. The number of aromatic carboxylic acids is 1. The first kappa shape index (κ1) is 14.6. The van der Waals surface area contributed by atoms with Crippen LogP contribution in [0.5, 0.6) is 16.7 Å². The van der Waals surface area contributed by atoms with Crippen LogP contribution < -0.4 is 9.47 Å². The monoisotopic (exact) mass is 313 g/mol. The number of aromatic nitrogens is 1. The number of rotatable bonds is 6. The quantitative estimate of drug-likeness (QED) is 0.870. The van der Waals surface area contributed by atoms with Crippen molar-refractivity contribution < 1.29 is 19.4 Å². The third-order valence-corrected chi connectivity index (χ3v) is 3.58. The number of nitrogens with zero attached hydrogens (tertiary/aromatic N) is 1. The van der Waals surface area contributed by atoms with Gasteiger partial charge < -0.3 is 14.6 Å². The Balaban J connectivity index is 2.21. The molecule has 0 amide bonds. The lowest BCUT2D eigenvalue weighted by molar-refractivity contribution is 0.0702. The third-order valence-electron chi connectivity index (χ3n) is 2.27. The van der Waals surface area contributed by atoms with Gasteiger partial charge in [-0.2, -0.15) is 4.98 Å². The molecule has 5 nitrogen and oxygen atoms in total. The number of para-hydroxylation sites is 2. The number of carbonyl (C=O) groups is 1. The molecule has 0 radical (unpaired) electrons. The Labute approximate surface area is 124 Å². The van der Waals surface area contributed by atoms with Crippen molar-refractivity contribution in [2.45, 2.75) is 13.3 Å². The third kappa shape index (κ3) is 3.40. The Kier molecular flexibility index (Phi) is 4.81. The van der Waals surface area contributed by atoms with Crippen LogP contribution in [0.2, 0.25) is 5.15 Å². The van der Waals surface area contributed by atoms with Crippen molar-refractivity contribution in [2.24, 2.45) is 0 Å². The molecule has 7 heteroatoms. The highest BCUT2D eigenvalue weighted by Gasteiger charge is 2.18. The van der Waals surface area contributed by atoms with Crippen molar-refractivity contribution in [3.63, 3.8) is 0 Å². The highest BCUT2D eigenvalue weighted by atomic mass is 35.5. The van der Waals surface area contributed by atoms with Gasteiger partial charge in [-0.25, -0.2) is 4.79 Å². The van der Waals surface area contributed by atoms with Crippen molar-refractivity contribution in [3.05, 3.63) is 34.3 Å². The van der Waals surface area contributed by atoms with E-state index in [-0.39, 0.29) is 15.2 Å². The Morgan fingerprint density at radius 3 is 2.70 bits per heavy atom. The van der Waals surface area contributed by atoms with E-state index in [2.05, 4.69) is 4.98 Å². The van der Waals surface area contributed by atoms with E-state index in [4.69, 9.17) is 26.2 Å². The second kappa shape index (κ2) is 6.58. The number of benzene rings is 1. The minimum absolute atomic E-state index is 0.0476. The molecule has 0 aliphatic heterocycles. The fraction of sp³-hybridized carbons (Fsp3) is 0.231. The van der Waals surface area contributed by atoms with Crippen LogP contribution in [0, 0.1) is 0 Å². The van der Waals surface area contributed by atoms with Gasteiger partial charge >= 0.3 is 5.97 Å². The molecule has 0 atom stereocenters. The Hall–Kier alpha value is -1.79. The van der Waals surface area contributed by atoms with Gasteiger partial charge in [0, 0.05) is 0 Å². The molecule has 1 aromatic heterocycles. The molecule has 1 N–H and O–H groups in total. The molecule has 0 aliphatic rings. The van der Waals surface area contributed by atoms with Crippen molar-refractivity contribution in [3.8, 4) is 16.7 Å². The lowest BCUT2D eigenvalue weighted by Crippen LogP contribution is -1.97. The average molecular weight is 314 g/mol. The predicted octanol–water partition coefficient (Wildman–Crippen LogP) is 4.08. The predicted molar refractivity (Wildman–Crippen MR) is 76.4 cm³/mol. The topological polar surface area (TPSA) is 68.7 Å². The summed E-state index contributed by atoms with van der Waals surface area (Å²) in [6.07, 6.45) is 0.876. The fourth-order valence-electron chi connectivity index (χ4n) is 1.42. The number of carboxylic acids is 1. The second-order valence-electron chi connectivity index (χ2n) is 3.80. The maximum atomic E-state index is 10.9. The first-order valence-corrected chi connectivity index (χ1v) is 7.10. The van der Waals surface area contributed by atoms with Crippen molar-refractivity contribution >= 4 is 28.9 Å². The summed E-state index contributed by atoms with van der Waals surface area (Å²) in [5, 5.41) is 9.01. The van der Waals surface area contributed by atoms with E-state index >= 15 is 0 Å². The van der Waals surface area contributed by atoms with Crippen LogP contribution in [0.25, 0.3) is 0 Å². The van der Waals surface area contributed by atoms with Crippen LogP contribution >= 0.6 is 22.9 Å². The first-order valence-electron chi connectivity index (χ1n) is 5.91. The average Bonchev–Trinajstić information content (AvgIpc) is 2.79. The molecule has 0 spiro atoms. The van der Waals surface area contributed by atoms with Crippen molar-refractivity contribution in [1.29, 1.82) is 0 Å². The summed E-state index contributed by atoms with van der Waals surface area (Å²) in [5.41, 5.74) is 0. The number of hydrogen-bond donors (Lipinski definition) is 1. The molecule has 106 valence electrons. The zero-order valence-corrected chi connectivity index (χ0v) is 12.2. The largest absolute Gasteiger partial charge is 0.490 e. The van der Waals surface area contributed by atoms with Crippen LogP contribution in [0.4, 0.5) is 0 Å². The van der Waals surface area contributed by atoms with E-state index in [1.165, 1.54) is 0 Å². The Morgan fingerprint density at radius 1 is 1.40 bits per heavy atom. The summed E-state index contributed by atoms with van der Waals surface area (Å²) in [6.45, 7) is 2.57. The lowest BCUT2D eigenvalue weighted by Gasteiger charge is -2.09. The lowest BCUT2D eigenvalue weighted by atomic mass is 10.3. The van der Waals surface area contributed by atoms with E-state index < -0.39 is 5.97 Å². The number of ether oxygens (including phenoxy) is 2. The van der Waals surface area contributed by atoms with Gasteiger partial charge in [-0.05, 0) is 18.6 Å². The summed E-state index contributed by atoms with van der Waals surface area (Å²) < 4.78 is 11.1. The van der Waals surface area contributed by atoms with Crippen LogP contribution in [0.1, 0.15) is 23.0 Å². The molecular weight excluding hydrogens is 302 g/mol. The molecule has 2 rings (SSSR count). The number of halogens is 1. The standard InChI is InChI=1S/C13H12ClNO4S/c1-2-7-18-8-5-3-4-6-9(8)19-13-15-11(14)10(20-13)12(16)17/h3-6H,2,7H2,1H3,(H,16,17). The normalized spacial score (nSPS) is 10.3. The van der Waals surface area contributed by atoms with E-state index in [1.54, 1.807) is 18.2 Å². The smallest absolute Gasteiger partial charge is 0.349 e. The molecule has 0 bridgehead atoms. The van der Waals surface area contributed by atoms with Crippen LogP contribution in [-0.4, -0.2) is 22.7 Å². The number of carboxylic acid groups (broad SMARTS) is 1. The van der Waals surface area contributed by atoms with E-state index in [1.807, 2.05) is 13.0 Å². The zero-order chi connectivity index (χ0) is 14.5. The summed E-state index contributed by atoms with van der Waals surface area (Å²) in [6, 6.07) is 7.12. The molecule has 2 aromatic rings. The maximum absolute atomic E-state index is 10.9. The Morgan fingerprint density at radius 2 is 2.10 bits per heavy atom. The van der Waals surface area contributed by atoms with Gasteiger partial charge in [-0.1, -0.05) is 42.0 Å². The SMILES string of the molecule is CCCOc1ccccc1Oc1nc(Cl)c(C(=O)O)s1. The number of hydrogen-bond acceptors (Lipinski definition) is 5. The molecule has 1 aromatic carbocycles. The van der Waals surface area contributed by atoms with Gasteiger partial charge in [-0.15, -0.1) is 0 Å². The molecule has 20 heavy (non-hydrogen) atoms. The highest BCUT2D eigenvalue weighted by Crippen LogP contribution is 2.36. The van der Waals surface area contributed by atoms with Gasteiger partial charge in [0.25, 0.3) is 5.19 Å². The zero-order valence-electron chi connectivity index (χ0n) is 10.6. The summed E-state index contributed by atoms with van der Waals surface area (Å²) in [7, 11) is 0. The minimum Gasteiger partial charge on any atom is -0.490 e. The van der Waals surface area contributed by atoms with E-state index in [0.717, 1.165) is 17.8 Å². The van der Waals surface area contributed by atoms with Crippen LogP contribution in [-0.2, 0) is 0 Å². The molecule has 0 saturated carbocycles. The second-order valence-corrected chi connectivity index (χ2v) is 5.12. The van der Waals surface area contributed by atoms with Crippen molar-refractivity contribution in [1.82, 2.24) is 4.98 Å². The van der Waals surface area contributed by atoms with Gasteiger partial charge in [0.2, 0.25) is 0 Å². The van der Waals surface area contributed by atoms with Gasteiger partial charge in [0.05, 0.1) is 6.61 Å². The van der Waals surface area contributed by atoms with Gasteiger partial charge in [0.15, 0.2) is 21.5 Å². The summed E-state index contributed by atoms with van der Waals surface area (Å²) in [4.78, 5) is 14.7. The molecule has 0 unspecified atom stereocenters. The van der Waals surface area contributed by atoms with Crippen LogP contribution in [0.3, 0.4) is 0 Å². The molecule has 0 aliphatic carbocycles. The maximum Gasteiger partial charge on any atom is 0.349 e. The molecular formula is C13H12ClNO4S. The van der Waals surface area contributed by atoms with E-state index in [9.17, 15) is 4.79 Å². The van der Waals surface area contributed by atoms with Gasteiger partial charge in [0.1, 0.15) is 0 Å². The summed E-state index contributed by atoms with van der Waals surface area (Å²) >= 11 is 6.61. The highest BCUT2D eigenvalue weighted by molar-refractivity contribution is 7.15. The van der Waals surface area contributed by atoms with Gasteiger partial charge in [-0.3, -0.25) is 0 Å². The van der Waals surface area contributed by atoms with Crippen molar-refractivity contribution in [2.75, 3.05) is 6.61 Å². The minimum atomic E-state index is -1.13. The first-order chi connectivity index (χ1) is 9.61. The van der Waals surface area contributed by atoms with Crippen LogP contribution in [0.15, 0.2) is 24.3 Å². The number of thiazole rings is 1.